The van der Waals surface area contributed by atoms with Gasteiger partial charge in [0.05, 0.1) is 6.10 Å². The Morgan fingerprint density at radius 3 is 2.40 bits per heavy atom. The summed E-state index contributed by atoms with van der Waals surface area (Å²) in [6.07, 6.45) is -1.56. The van der Waals surface area contributed by atoms with E-state index in [-0.39, 0.29) is 11.5 Å². The lowest BCUT2D eigenvalue weighted by Gasteiger charge is -2.24. The van der Waals surface area contributed by atoms with E-state index in [2.05, 4.69) is 0 Å². The molecule has 0 radical (unpaired) electrons. The van der Waals surface area contributed by atoms with Crippen molar-refractivity contribution in [3.8, 4) is 11.5 Å². The smallest absolute Gasteiger partial charge is 0.335 e. The van der Waals surface area contributed by atoms with Crippen LogP contribution < -0.4 is 0 Å². The van der Waals surface area contributed by atoms with Gasteiger partial charge >= 0.3 is 11.9 Å². The number of aliphatic hydroxyl groups excluding tert-OH is 2. The number of carbonyl (C=O) groups is 2. The number of aliphatic hydroxyl groups is 3. The van der Waals surface area contributed by atoms with Crippen LogP contribution in [0.5, 0.6) is 11.5 Å². The Bertz CT molecular complexity index is 651. The maximum Gasteiger partial charge on any atom is 0.335 e. The summed E-state index contributed by atoms with van der Waals surface area (Å²) >= 11 is 0. The predicted octanol–water partition coefficient (Wildman–Crippen LogP) is -0.398. The molecule has 0 saturated heterocycles. The Morgan fingerprint density at radius 2 is 1.84 bits per heavy atom. The average Bonchev–Trinajstić information content (AvgIpc) is 2.53. The second-order valence-corrected chi connectivity index (χ2v) is 5.63. The van der Waals surface area contributed by atoms with Gasteiger partial charge in [-0.3, -0.25) is 0 Å². The number of esters is 1. The van der Waals surface area contributed by atoms with Gasteiger partial charge in [-0.15, -0.1) is 0 Å². The average molecular weight is 356 g/mol. The first-order valence-corrected chi connectivity index (χ1v) is 7.21. The zero-order valence-corrected chi connectivity index (χ0v) is 13.4. The van der Waals surface area contributed by atoms with Gasteiger partial charge in [0.2, 0.25) is 0 Å². The van der Waals surface area contributed by atoms with Crippen LogP contribution in [0.1, 0.15) is 18.9 Å². The Kier molecular flexibility index (Phi) is 6.92. The molecule has 0 aliphatic rings. The van der Waals surface area contributed by atoms with Crippen LogP contribution in [0.25, 0.3) is 6.08 Å². The van der Waals surface area contributed by atoms with Crippen LogP contribution in [0.2, 0.25) is 0 Å². The number of ether oxygens (including phenoxy) is 1. The van der Waals surface area contributed by atoms with Gasteiger partial charge in [0.25, 0.3) is 0 Å². The minimum absolute atomic E-state index is 0.311. The summed E-state index contributed by atoms with van der Waals surface area (Å²) in [5.74, 6) is -3.09. The van der Waals surface area contributed by atoms with Gasteiger partial charge in [-0.1, -0.05) is 6.07 Å². The van der Waals surface area contributed by atoms with E-state index >= 15 is 0 Å². The molecule has 9 heteroatoms. The second-order valence-electron chi connectivity index (χ2n) is 5.63. The Hall–Kier alpha value is -2.62. The normalized spacial score (nSPS) is 16.2. The topological polar surface area (TPSA) is 165 Å². The van der Waals surface area contributed by atoms with Crippen LogP contribution in [-0.2, 0) is 14.3 Å². The van der Waals surface area contributed by atoms with E-state index in [9.17, 15) is 30.0 Å². The Balaban J connectivity index is 2.51. The largest absolute Gasteiger partial charge is 0.504 e. The molecule has 1 aromatic carbocycles. The fourth-order valence-electron chi connectivity index (χ4n) is 1.77. The molecule has 0 heterocycles. The van der Waals surface area contributed by atoms with Gasteiger partial charge in [0, 0.05) is 12.5 Å². The van der Waals surface area contributed by atoms with Crippen molar-refractivity contribution in [3.05, 3.63) is 29.8 Å². The number of rotatable bonds is 8. The maximum absolute atomic E-state index is 11.5. The van der Waals surface area contributed by atoms with Crippen molar-refractivity contribution in [1.29, 1.82) is 0 Å². The van der Waals surface area contributed by atoms with Crippen molar-refractivity contribution in [1.82, 2.24) is 0 Å². The van der Waals surface area contributed by atoms with Gasteiger partial charge in [-0.25, -0.2) is 9.59 Å². The molecule has 0 aromatic heterocycles. The predicted molar refractivity (Wildman–Crippen MR) is 84.7 cm³/mol. The van der Waals surface area contributed by atoms with Crippen molar-refractivity contribution in [2.24, 2.45) is 0 Å². The summed E-state index contributed by atoms with van der Waals surface area (Å²) in [5.41, 5.74) is -1.82. The summed E-state index contributed by atoms with van der Waals surface area (Å²) in [5, 5.41) is 56.0. The van der Waals surface area contributed by atoms with E-state index in [4.69, 9.17) is 14.9 Å². The molecule has 0 aliphatic carbocycles. The Labute approximate surface area is 143 Å². The van der Waals surface area contributed by atoms with E-state index < -0.39 is 42.8 Å². The maximum atomic E-state index is 11.5. The highest BCUT2D eigenvalue weighted by Crippen LogP contribution is 2.25. The van der Waals surface area contributed by atoms with Crippen LogP contribution >= 0.6 is 0 Å². The van der Waals surface area contributed by atoms with Crippen molar-refractivity contribution in [2.45, 2.75) is 31.2 Å². The third-order valence-corrected chi connectivity index (χ3v) is 3.32. The quantitative estimate of drug-likeness (QED) is 0.206. The van der Waals surface area contributed by atoms with Gasteiger partial charge in [0.15, 0.2) is 17.1 Å². The first kappa shape index (κ1) is 20.4. The molecule has 3 atom stereocenters. The molecule has 1 rings (SSSR count). The number of carbonyl (C=O) groups excluding carboxylic acids is 1. The molecule has 138 valence electrons. The van der Waals surface area contributed by atoms with Gasteiger partial charge in [-0.2, -0.15) is 0 Å². The number of aromatic hydroxyl groups is 2. The highest BCUT2D eigenvalue weighted by molar-refractivity contribution is 5.87. The SMILES string of the molecule is CC(O)(CC(O)C(O)COC(=O)/C=C/c1ccc(O)c(O)c1)C(=O)O. The first-order chi connectivity index (χ1) is 11.5. The number of carboxylic acids is 1. The van der Waals surface area contributed by atoms with E-state index in [1.165, 1.54) is 24.3 Å². The second kappa shape index (κ2) is 8.47. The highest BCUT2D eigenvalue weighted by Gasteiger charge is 2.35. The molecule has 0 bridgehead atoms. The molecular formula is C16H20O9. The van der Waals surface area contributed by atoms with Gasteiger partial charge in [-0.05, 0) is 30.7 Å². The van der Waals surface area contributed by atoms with Crippen LogP contribution in [0, 0.1) is 0 Å². The number of hydrogen-bond acceptors (Lipinski definition) is 8. The standard InChI is InChI=1S/C16H20O9/c1-16(24,15(22)23)7-12(19)13(20)8-25-14(21)5-3-9-2-4-10(17)11(18)6-9/h2-6,12-13,17-20,24H,7-8H2,1H3,(H,22,23)/b5-3+. The molecule has 3 unspecified atom stereocenters. The molecule has 0 aliphatic heterocycles. The summed E-state index contributed by atoms with van der Waals surface area (Å²) in [7, 11) is 0. The highest BCUT2D eigenvalue weighted by atomic mass is 16.5. The number of phenols is 2. The molecule has 0 saturated carbocycles. The summed E-state index contributed by atoms with van der Waals surface area (Å²) in [4.78, 5) is 22.3. The molecule has 0 fully saturated rings. The van der Waals surface area contributed by atoms with Crippen molar-refractivity contribution in [2.75, 3.05) is 6.61 Å². The molecule has 0 amide bonds. The van der Waals surface area contributed by atoms with Crippen LogP contribution in [0.3, 0.4) is 0 Å². The molecule has 25 heavy (non-hydrogen) atoms. The van der Waals surface area contributed by atoms with E-state index in [0.29, 0.717) is 5.56 Å². The fourth-order valence-corrected chi connectivity index (χ4v) is 1.77. The van der Waals surface area contributed by atoms with Crippen LogP contribution in [0.15, 0.2) is 24.3 Å². The molecular weight excluding hydrogens is 336 g/mol. The molecule has 9 nitrogen and oxygen atoms in total. The summed E-state index contributed by atoms with van der Waals surface area (Å²) in [6.45, 7) is 0.355. The number of carboxylic acid groups (broad SMARTS) is 1. The van der Waals surface area contributed by atoms with Crippen LogP contribution in [-0.4, -0.2) is 67.0 Å². The number of hydrogen-bond donors (Lipinski definition) is 6. The third kappa shape index (κ3) is 6.42. The first-order valence-electron chi connectivity index (χ1n) is 7.21. The van der Waals surface area contributed by atoms with Crippen molar-refractivity contribution in [3.63, 3.8) is 0 Å². The lowest BCUT2D eigenvalue weighted by atomic mass is 9.96. The van der Waals surface area contributed by atoms with Crippen molar-refractivity contribution >= 4 is 18.0 Å². The summed E-state index contributed by atoms with van der Waals surface area (Å²) < 4.78 is 4.70. The number of benzene rings is 1. The number of aliphatic carboxylic acids is 1. The summed E-state index contributed by atoms with van der Waals surface area (Å²) in [6, 6.07) is 3.88. The zero-order chi connectivity index (χ0) is 19.2. The molecule has 0 spiro atoms. The Morgan fingerprint density at radius 1 is 1.20 bits per heavy atom. The van der Waals surface area contributed by atoms with E-state index in [0.717, 1.165) is 13.0 Å². The third-order valence-electron chi connectivity index (χ3n) is 3.32. The fraction of sp³-hybridized carbons (Fsp3) is 0.375. The minimum Gasteiger partial charge on any atom is -0.504 e. The zero-order valence-electron chi connectivity index (χ0n) is 13.4. The number of phenolic OH excluding ortho intramolecular Hbond substituents is 2. The lowest BCUT2D eigenvalue weighted by molar-refractivity contribution is -0.163. The van der Waals surface area contributed by atoms with E-state index in [1.807, 2.05) is 0 Å². The lowest BCUT2D eigenvalue weighted by Crippen LogP contribution is -2.43. The molecule has 1 aromatic rings. The van der Waals surface area contributed by atoms with E-state index in [1.54, 1.807) is 0 Å². The minimum atomic E-state index is -2.23. The van der Waals surface area contributed by atoms with Gasteiger partial charge in [0.1, 0.15) is 12.7 Å². The van der Waals surface area contributed by atoms with Crippen LogP contribution in [0.4, 0.5) is 0 Å². The monoisotopic (exact) mass is 356 g/mol. The van der Waals surface area contributed by atoms with Gasteiger partial charge < -0.3 is 35.4 Å². The molecule has 6 N–H and O–H groups in total. The van der Waals surface area contributed by atoms with Crippen molar-refractivity contribution < 1.29 is 45.0 Å².